The smallest absolute Gasteiger partial charge is 0.263 e. The maximum atomic E-state index is 12.4. The number of nitrogen functional groups attached to an aromatic ring is 1. The lowest BCUT2D eigenvalue weighted by Crippen LogP contribution is -2.14. The maximum absolute atomic E-state index is 12.4. The minimum absolute atomic E-state index is 0.139. The zero-order chi connectivity index (χ0) is 16.9. The van der Waals surface area contributed by atoms with Crippen molar-refractivity contribution in [2.24, 2.45) is 0 Å². The van der Waals surface area contributed by atoms with Gasteiger partial charge in [-0.2, -0.15) is 0 Å². The van der Waals surface area contributed by atoms with Gasteiger partial charge in [0.2, 0.25) is 0 Å². The van der Waals surface area contributed by atoms with Crippen molar-refractivity contribution in [3.05, 3.63) is 30.3 Å². The topological polar surface area (TPSA) is 98.0 Å². The van der Waals surface area contributed by atoms with Crippen LogP contribution in [-0.2, 0) is 10.0 Å². The van der Waals surface area contributed by atoms with Crippen LogP contribution in [0.3, 0.4) is 0 Å². The number of nitrogens with zero attached hydrogens (tertiary/aromatic N) is 2. The molecule has 2 aromatic rings. The third-order valence-electron chi connectivity index (χ3n) is 2.68. The Morgan fingerprint density at radius 2 is 1.74 bits per heavy atom. The summed E-state index contributed by atoms with van der Waals surface area (Å²) in [4.78, 5) is 8.79. The molecule has 0 fully saturated rings. The van der Waals surface area contributed by atoms with Crippen molar-refractivity contribution in [2.45, 2.75) is 28.9 Å². The van der Waals surface area contributed by atoms with E-state index in [9.17, 15) is 8.42 Å². The minimum atomic E-state index is -3.71. The van der Waals surface area contributed by atoms with Crippen molar-refractivity contribution in [3.8, 4) is 0 Å². The summed E-state index contributed by atoms with van der Waals surface area (Å²) in [7, 11) is -3.71. The molecule has 3 N–H and O–H groups in total. The van der Waals surface area contributed by atoms with Gasteiger partial charge in [-0.25, -0.2) is 18.4 Å². The third-order valence-corrected chi connectivity index (χ3v) is 5.57. The van der Waals surface area contributed by atoms with E-state index in [1.807, 2.05) is 13.8 Å². The Labute approximate surface area is 144 Å². The highest BCUT2D eigenvalue weighted by atomic mass is 32.2. The number of thioether (sulfide) groups is 2. The van der Waals surface area contributed by atoms with Crippen LogP contribution in [0.4, 0.5) is 11.5 Å². The van der Waals surface area contributed by atoms with Gasteiger partial charge < -0.3 is 5.73 Å². The molecule has 0 saturated heterocycles. The Kier molecular flexibility index (Phi) is 6.14. The molecule has 1 heterocycles. The molecule has 0 saturated carbocycles. The van der Waals surface area contributed by atoms with Crippen LogP contribution in [0, 0.1) is 0 Å². The summed E-state index contributed by atoms with van der Waals surface area (Å²) < 4.78 is 27.4. The minimum Gasteiger partial charge on any atom is -0.399 e. The lowest BCUT2D eigenvalue weighted by atomic mass is 10.3. The zero-order valence-corrected chi connectivity index (χ0v) is 15.3. The number of rotatable bonds is 7. The van der Waals surface area contributed by atoms with Crippen LogP contribution in [0.1, 0.15) is 13.8 Å². The van der Waals surface area contributed by atoms with E-state index < -0.39 is 10.0 Å². The molecule has 0 bridgehead atoms. The molecule has 0 unspecified atom stereocenters. The molecule has 0 atom stereocenters. The van der Waals surface area contributed by atoms with E-state index in [2.05, 4.69) is 14.7 Å². The SMILES string of the molecule is CCSc1cc(NS(=O)(=O)c2ccc(N)cc2)nc(SCC)n1. The summed E-state index contributed by atoms with van der Waals surface area (Å²) in [6.45, 7) is 4.00. The van der Waals surface area contributed by atoms with Gasteiger partial charge in [-0.05, 0) is 35.8 Å². The number of nitrogens with two attached hydrogens (primary N) is 1. The Hall–Kier alpha value is -1.45. The molecule has 6 nitrogen and oxygen atoms in total. The van der Waals surface area contributed by atoms with Gasteiger partial charge in [0.1, 0.15) is 10.8 Å². The summed E-state index contributed by atoms with van der Waals surface area (Å²) in [5.74, 6) is 1.92. The van der Waals surface area contributed by atoms with Crippen molar-refractivity contribution in [1.29, 1.82) is 0 Å². The number of aromatic nitrogens is 2. The Morgan fingerprint density at radius 1 is 1.09 bits per heavy atom. The standard InChI is InChI=1S/C14H18N4O2S3/c1-3-21-13-9-12(16-14(17-13)22-4-2)18-23(19,20)11-7-5-10(15)6-8-11/h5-9H,3-4,15H2,1-2H3,(H,16,17,18). The summed E-state index contributed by atoms with van der Waals surface area (Å²) in [5.41, 5.74) is 6.10. The van der Waals surface area contributed by atoms with Crippen LogP contribution in [0.5, 0.6) is 0 Å². The predicted octanol–water partition coefficient (Wildman–Crippen LogP) is 3.08. The summed E-state index contributed by atoms with van der Waals surface area (Å²) in [5, 5.41) is 1.30. The van der Waals surface area contributed by atoms with Gasteiger partial charge in [0, 0.05) is 11.8 Å². The van der Waals surface area contributed by atoms with Gasteiger partial charge in [-0.3, -0.25) is 4.72 Å². The van der Waals surface area contributed by atoms with E-state index >= 15 is 0 Å². The van der Waals surface area contributed by atoms with E-state index in [0.717, 1.165) is 16.5 Å². The fourth-order valence-corrected chi connectivity index (χ4v) is 3.99. The third kappa shape index (κ3) is 5.02. The van der Waals surface area contributed by atoms with E-state index in [0.29, 0.717) is 10.8 Å². The summed E-state index contributed by atoms with van der Waals surface area (Å²) >= 11 is 3.00. The Balaban J connectivity index is 2.31. The van der Waals surface area contributed by atoms with Gasteiger partial charge in [0.05, 0.1) is 4.90 Å². The Morgan fingerprint density at radius 3 is 2.35 bits per heavy atom. The largest absolute Gasteiger partial charge is 0.399 e. The number of sulfonamides is 1. The lowest BCUT2D eigenvalue weighted by Gasteiger charge is -2.10. The molecular weight excluding hydrogens is 352 g/mol. The molecule has 2 rings (SSSR count). The van der Waals surface area contributed by atoms with Gasteiger partial charge in [0.15, 0.2) is 5.16 Å². The molecular formula is C14H18N4O2S3. The average molecular weight is 371 g/mol. The van der Waals surface area contributed by atoms with Crippen LogP contribution >= 0.6 is 23.5 Å². The first-order valence-electron chi connectivity index (χ1n) is 6.97. The van der Waals surface area contributed by atoms with Crippen molar-refractivity contribution < 1.29 is 8.42 Å². The van der Waals surface area contributed by atoms with Crippen molar-refractivity contribution in [2.75, 3.05) is 22.0 Å². The van der Waals surface area contributed by atoms with E-state index in [1.165, 1.54) is 35.7 Å². The first-order valence-corrected chi connectivity index (χ1v) is 10.4. The highest BCUT2D eigenvalue weighted by Gasteiger charge is 2.16. The molecule has 0 spiro atoms. The molecule has 9 heteroatoms. The highest BCUT2D eigenvalue weighted by molar-refractivity contribution is 7.99. The second-order valence-corrected chi connectivity index (χ2v) is 8.61. The molecule has 0 amide bonds. The fraction of sp³-hybridized carbons (Fsp3) is 0.286. The normalized spacial score (nSPS) is 11.4. The van der Waals surface area contributed by atoms with E-state index in [-0.39, 0.29) is 10.7 Å². The number of hydrogen-bond donors (Lipinski definition) is 2. The molecule has 1 aromatic carbocycles. The number of anilines is 2. The predicted molar refractivity (Wildman–Crippen MR) is 96.5 cm³/mol. The Bertz CT molecular complexity index is 740. The lowest BCUT2D eigenvalue weighted by molar-refractivity contribution is 0.601. The van der Waals surface area contributed by atoms with Crippen LogP contribution in [0.25, 0.3) is 0 Å². The van der Waals surface area contributed by atoms with Crippen molar-refractivity contribution in [3.63, 3.8) is 0 Å². The van der Waals surface area contributed by atoms with E-state index in [1.54, 1.807) is 18.2 Å². The van der Waals surface area contributed by atoms with Gasteiger partial charge in [-0.15, -0.1) is 11.8 Å². The first kappa shape index (κ1) is 17.9. The molecule has 124 valence electrons. The quantitative estimate of drug-likeness (QED) is 0.334. The molecule has 23 heavy (non-hydrogen) atoms. The van der Waals surface area contributed by atoms with Crippen LogP contribution < -0.4 is 10.5 Å². The van der Waals surface area contributed by atoms with Crippen molar-refractivity contribution >= 4 is 45.1 Å². The average Bonchev–Trinajstić information content (AvgIpc) is 2.47. The number of benzene rings is 1. The van der Waals surface area contributed by atoms with E-state index in [4.69, 9.17) is 5.73 Å². The highest BCUT2D eigenvalue weighted by Crippen LogP contribution is 2.24. The van der Waals surface area contributed by atoms with Gasteiger partial charge >= 0.3 is 0 Å². The second-order valence-electron chi connectivity index (χ2n) is 4.41. The number of nitrogens with one attached hydrogen (secondary N) is 1. The molecule has 0 aliphatic rings. The van der Waals surface area contributed by atoms with Gasteiger partial charge in [-0.1, -0.05) is 25.6 Å². The zero-order valence-electron chi connectivity index (χ0n) is 12.8. The molecule has 0 radical (unpaired) electrons. The molecule has 0 aliphatic carbocycles. The number of hydrogen-bond acceptors (Lipinski definition) is 7. The van der Waals surface area contributed by atoms with Crippen LogP contribution in [-0.4, -0.2) is 29.9 Å². The van der Waals surface area contributed by atoms with Gasteiger partial charge in [0.25, 0.3) is 10.0 Å². The van der Waals surface area contributed by atoms with Crippen LogP contribution in [0.2, 0.25) is 0 Å². The monoisotopic (exact) mass is 370 g/mol. The summed E-state index contributed by atoms with van der Waals surface area (Å²) in [6.07, 6.45) is 0. The van der Waals surface area contributed by atoms with Crippen LogP contribution in [0.15, 0.2) is 45.4 Å². The fourth-order valence-electron chi connectivity index (χ4n) is 1.72. The summed E-state index contributed by atoms with van der Waals surface area (Å²) in [6, 6.07) is 7.66. The molecule has 0 aliphatic heterocycles. The molecule has 1 aromatic heterocycles. The first-order chi connectivity index (χ1) is 10.9. The van der Waals surface area contributed by atoms with Crippen molar-refractivity contribution in [1.82, 2.24) is 9.97 Å². The second kappa shape index (κ2) is 7.89. The maximum Gasteiger partial charge on any atom is 0.263 e.